The van der Waals surface area contributed by atoms with Gasteiger partial charge in [-0.15, -0.1) is 24.5 Å². The molecule has 2 aromatic carbocycles. The van der Waals surface area contributed by atoms with Gasteiger partial charge in [0.05, 0.1) is 21.5 Å². The number of fused-ring (bicyclic) bond motifs is 1. The minimum absolute atomic E-state index is 0.150. The van der Waals surface area contributed by atoms with Crippen LogP contribution in [-0.2, 0) is 0 Å². The Hall–Kier alpha value is -3.66. The molecule has 6 nitrogen and oxygen atoms in total. The smallest absolute Gasteiger partial charge is 0.478 e. The number of hydrogen-bond acceptors (Lipinski definition) is 6. The van der Waals surface area contributed by atoms with E-state index in [9.17, 15) is 18.0 Å². The van der Waals surface area contributed by atoms with Gasteiger partial charge in [-0.3, -0.25) is 0 Å². The Bertz CT molecular complexity index is 1210. The lowest BCUT2D eigenvalue weighted by Crippen LogP contribution is -2.16. The van der Waals surface area contributed by atoms with Gasteiger partial charge in [-0.05, 0) is 60.0 Å². The van der Waals surface area contributed by atoms with Crippen LogP contribution in [-0.4, -0.2) is 27.4 Å². The lowest BCUT2D eigenvalue weighted by molar-refractivity contribution is -0.274. The molecule has 0 aliphatic carbocycles. The summed E-state index contributed by atoms with van der Waals surface area (Å²) >= 11 is 1.41. The average Bonchev–Trinajstić information content (AvgIpc) is 3.16. The number of anilines is 2. The Kier molecular flexibility index (Phi) is 5.00. The molecule has 30 heavy (non-hydrogen) atoms. The molecule has 0 saturated heterocycles. The third-order valence-electron chi connectivity index (χ3n) is 4.05. The van der Waals surface area contributed by atoms with Gasteiger partial charge in [-0.25, -0.2) is 14.8 Å². The maximum Gasteiger partial charge on any atom is 0.573 e. The zero-order chi connectivity index (χ0) is 21.3. The number of carboxylic acids is 1. The number of nitrogens with zero attached hydrogens (tertiary/aromatic N) is 2. The first-order valence-corrected chi connectivity index (χ1v) is 9.38. The maximum atomic E-state index is 12.4. The second-order valence-corrected chi connectivity index (χ2v) is 7.03. The highest BCUT2D eigenvalue weighted by Crippen LogP contribution is 2.33. The van der Waals surface area contributed by atoms with Crippen molar-refractivity contribution in [1.82, 2.24) is 9.97 Å². The van der Waals surface area contributed by atoms with E-state index in [1.165, 1.54) is 47.7 Å². The topological polar surface area (TPSA) is 84.3 Å². The van der Waals surface area contributed by atoms with Crippen LogP contribution < -0.4 is 10.1 Å². The molecule has 2 aromatic heterocycles. The lowest BCUT2D eigenvalue weighted by atomic mass is 10.1. The molecule has 0 aliphatic rings. The van der Waals surface area contributed by atoms with Gasteiger partial charge >= 0.3 is 12.3 Å². The minimum atomic E-state index is -4.76. The van der Waals surface area contributed by atoms with Crippen LogP contribution in [0.1, 0.15) is 10.4 Å². The molecule has 0 aliphatic heterocycles. The molecule has 0 atom stereocenters. The molecule has 2 heterocycles. The third-order valence-corrected chi connectivity index (χ3v) is 4.96. The van der Waals surface area contributed by atoms with E-state index in [1.54, 1.807) is 12.1 Å². The summed E-state index contributed by atoms with van der Waals surface area (Å²) < 4.78 is 41.8. The number of carboxylic acid groups (broad SMARTS) is 1. The van der Waals surface area contributed by atoms with Gasteiger partial charge in [-0.1, -0.05) is 0 Å². The van der Waals surface area contributed by atoms with Crippen molar-refractivity contribution in [1.29, 1.82) is 0 Å². The van der Waals surface area contributed by atoms with E-state index in [0.29, 0.717) is 22.5 Å². The van der Waals surface area contributed by atoms with Crippen LogP contribution in [0.3, 0.4) is 0 Å². The Morgan fingerprint density at radius 1 is 1.00 bits per heavy atom. The highest BCUT2D eigenvalue weighted by Gasteiger charge is 2.31. The number of thiophene rings is 1. The van der Waals surface area contributed by atoms with Crippen molar-refractivity contribution in [3.63, 3.8) is 0 Å². The van der Waals surface area contributed by atoms with Crippen molar-refractivity contribution in [3.8, 4) is 17.0 Å². The third kappa shape index (κ3) is 4.33. The van der Waals surface area contributed by atoms with E-state index in [0.717, 1.165) is 4.70 Å². The lowest BCUT2D eigenvalue weighted by Gasteiger charge is -2.11. The van der Waals surface area contributed by atoms with Crippen LogP contribution in [0.25, 0.3) is 21.5 Å². The number of carbonyl (C=O) groups is 1. The number of alkyl halides is 3. The number of rotatable bonds is 5. The number of nitrogens with one attached hydrogen (secondary N) is 1. The Morgan fingerprint density at radius 3 is 2.33 bits per heavy atom. The van der Waals surface area contributed by atoms with E-state index in [-0.39, 0.29) is 17.3 Å². The second kappa shape index (κ2) is 7.64. The van der Waals surface area contributed by atoms with Crippen molar-refractivity contribution in [2.75, 3.05) is 5.32 Å². The molecule has 152 valence electrons. The molecule has 0 spiro atoms. The van der Waals surface area contributed by atoms with Gasteiger partial charge in [0.1, 0.15) is 5.75 Å². The maximum absolute atomic E-state index is 12.4. The van der Waals surface area contributed by atoms with E-state index in [4.69, 9.17) is 5.11 Å². The van der Waals surface area contributed by atoms with Crippen LogP contribution in [0.15, 0.2) is 60.0 Å². The van der Waals surface area contributed by atoms with Crippen molar-refractivity contribution in [2.45, 2.75) is 6.36 Å². The summed E-state index contributed by atoms with van der Waals surface area (Å²) in [6.45, 7) is 0. The number of hydrogen-bond donors (Lipinski definition) is 2. The van der Waals surface area contributed by atoms with Crippen molar-refractivity contribution in [3.05, 3.63) is 65.5 Å². The Labute approximate surface area is 171 Å². The molecule has 0 bridgehead atoms. The average molecular weight is 431 g/mol. The van der Waals surface area contributed by atoms with Crippen LogP contribution in [0.4, 0.5) is 24.8 Å². The zero-order valence-electron chi connectivity index (χ0n) is 15.0. The van der Waals surface area contributed by atoms with E-state index in [1.807, 2.05) is 11.4 Å². The normalized spacial score (nSPS) is 11.4. The molecule has 4 aromatic rings. The van der Waals surface area contributed by atoms with Crippen molar-refractivity contribution >= 4 is 39.2 Å². The monoisotopic (exact) mass is 431 g/mol. The van der Waals surface area contributed by atoms with E-state index in [2.05, 4.69) is 20.0 Å². The molecule has 0 unspecified atom stereocenters. The van der Waals surface area contributed by atoms with Crippen molar-refractivity contribution in [2.24, 2.45) is 0 Å². The van der Waals surface area contributed by atoms with Crippen LogP contribution in [0.2, 0.25) is 0 Å². The summed E-state index contributed by atoms with van der Waals surface area (Å²) in [6.07, 6.45) is -4.76. The highest BCUT2D eigenvalue weighted by molar-refractivity contribution is 7.17. The number of benzene rings is 2. The summed E-state index contributed by atoms with van der Waals surface area (Å²) in [5, 5.41) is 13.9. The number of ether oxygens (including phenoxy) is 1. The quantitative estimate of drug-likeness (QED) is 0.422. The van der Waals surface area contributed by atoms with Gasteiger partial charge in [0, 0.05) is 11.3 Å². The van der Waals surface area contributed by atoms with Crippen LogP contribution in [0.5, 0.6) is 5.75 Å². The fraction of sp³-hybridized carbons (Fsp3) is 0.0500. The predicted octanol–water partition coefficient (Wildman–Crippen LogP) is 5.70. The van der Waals surface area contributed by atoms with Gasteiger partial charge in [0.2, 0.25) is 5.95 Å². The predicted molar refractivity (Wildman–Crippen MR) is 106 cm³/mol. The van der Waals surface area contributed by atoms with E-state index < -0.39 is 12.3 Å². The number of aromatic carboxylic acids is 1. The Balaban J connectivity index is 1.67. The second-order valence-electron chi connectivity index (χ2n) is 6.11. The molecule has 2 N–H and O–H groups in total. The molecule has 0 fully saturated rings. The van der Waals surface area contributed by atoms with Crippen LogP contribution in [0, 0.1) is 0 Å². The Morgan fingerprint density at radius 2 is 1.70 bits per heavy atom. The zero-order valence-corrected chi connectivity index (χ0v) is 15.8. The van der Waals surface area contributed by atoms with Gasteiger partial charge in [0.15, 0.2) is 0 Å². The number of halogens is 3. The summed E-state index contributed by atoms with van der Waals surface area (Å²) in [7, 11) is 0. The van der Waals surface area contributed by atoms with Crippen LogP contribution >= 0.6 is 11.3 Å². The van der Waals surface area contributed by atoms with Gasteiger partial charge in [0.25, 0.3) is 0 Å². The molecular formula is C20H12F3N3O3S. The minimum Gasteiger partial charge on any atom is -0.478 e. The van der Waals surface area contributed by atoms with E-state index >= 15 is 0 Å². The summed E-state index contributed by atoms with van der Waals surface area (Å²) in [5.74, 6) is -1.08. The molecule has 10 heteroatoms. The van der Waals surface area contributed by atoms with Crippen molar-refractivity contribution < 1.29 is 27.8 Å². The molecule has 0 saturated carbocycles. The molecular weight excluding hydrogens is 419 g/mol. The van der Waals surface area contributed by atoms with Gasteiger partial charge < -0.3 is 15.2 Å². The number of aromatic nitrogens is 2. The summed E-state index contributed by atoms with van der Waals surface area (Å²) in [4.78, 5) is 19.9. The summed E-state index contributed by atoms with van der Waals surface area (Å²) in [6, 6.07) is 13.3. The molecule has 0 radical (unpaired) electrons. The summed E-state index contributed by atoms with van der Waals surface area (Å²) in [5.41, 5.74) is 2.57. The fourth-order valence-electron chi connectivity index (χ4n) is 2.75. The standard InChI is InChI=1S/C20H12F3N3O3S/c21-20(22,23)29-14-7-3-11(4-8-14)16-17-15(9-10-30-17)25-19(26-16)24-13-5-1-12(2-6-13)18(27)28/h1-10H,(H,27,28)(H,24,25,26). The SMILES string of the molecule is O=C(O)c1ccc(Nc2nc(-c3ccc(OC(F)(F)F)cc3)c3sccc3n2)cc1. The van der Waals surface area contributed by atoms with Gasteiger partial charge in [-0.2, -0.15) is 0 Å². The molecule has 4 rings (SSSR count). The highest BCUT2D eigenvalue weighted by atomic mass is 32.1. The first kappa shape index (κ1) is 19.6. The first-order chi connectivity index (χ1) is 14.3. The fourth-order valence-corrected chi connectivity index (χ4v) is 3.60. The molecule has 0 amide bonds. The largest absolute Gasteiger partial charge is 0.573 e. The first-order valence-electron chi connectivity index (χ1n) is 8.50.